The van der Waals surface area contributed by atoms with E-state index in [0.717, 1.165) is 42.7 Å². The minimum absolute atomic E-state index is 0.253. The predicted octanol–water partition coefficient (Wildman–Crippen LogP) is 4.02. The van der Waals surface area contributed by atoms with Crippen molar-refractivity contribution in [1.82, 2.24) is 0 Å². The van der Waals surface area contributed by atoms with Gasteiger partial charge in [-0.2, -0.15) is 0 Å². The fraction of sp³-hybridized carbons (Fsp3) is 0.312. The van der Waals surface area contributed by atoms with Crippen LogP contribution in [0, 0.1) is 0 Å². The number of aliphatic imine (C=N–C) groups is 1. The van der Waals surface area contributed by atoms with Gasteiger partial charge in [0.25, 0.3) is 0 Å². The first kappa shape index (κ1) is 13.9. The number of allylic oxidation sites excluding steroid dienone is 9. The van der Waals surface area contributed by atoms with E-state index < -0.39 is 0 Å². The highest BCUT2D eigenvalue weighted by molar-refractivity contribution is 6.20. The summed E-state index contributed by atoms with van der Waals surface area (Å²) in [6.07, 6.45) is 18.8. The van der Waals surface area contributed by atoms with Crippen molar-refractivity contribution in [3.63, 3.8) is 0 Å². The molecule has 2 nitrogen and oxygen atoms in total. The van der Waals surface area contributed by atoms with E-state index >= 15 is 0 Å². The summed E-state index contributed by atoms with van der Waals surface area (Å²) < 4.78 is 0. The molecule has 0 fully saturated rings. The van der Waals surface area contributed by atoms with Crippen molar-refractivity contribution in [2.45, 2.75) is 25.7 Å². The second-order valence-corrected chi connectivity index (χ2v) is 4.80. The summed E-state index contributed by atoms with van der Waals surface area (Å²) in [5.41, 5.74) is 10.1. The van der Waals surface area contributed by atoms with Gasteiger partial charge in [0.05, 0.1) is 5.71 Å². The molecule has 0 aromatic carbocycles. The first-order valence-electron chi connectivity index (χ1n) is 6.62. The van der Waals surface area contributed by atoms with Crippen LogP contribution in [-0.4, -0.2) is 11.7 Å². The van der Waals surface area contributed by atoms with Gasteiger partial charge in [0.1, 0.15) is 6.00 Å². The molecule has 0 bridgehead atoms. The fourth-order valence-corrected chi connectivity index (χ4v) is 2.30. The molecule has 0 atom stereocenters. The molecule has 2 aliphatic carbocycles. The lowest BCUT2D eigenvalue weighted by molar-refractivity contribution is 0.962. The monoisotopic (exact) mass is 274 g/mol. The molecular formula is C16H19ClN2. The lowest BCUT2D eigenvalue weighted by Crippen LogP contribution is -2.08. The molecule has 3 heteroatoms. The molecular weight excluding hydrogens is 256 g/mol. The average molecular weight is 275 g/mol. The van der Waals surface area contributed by atoms with Crippen LogP contribution in [0.2, 0.25) is 0 Å². The number of alkyl halides is 1. The van der Waals surface area contributed by atoms with Gasteiger partial charge in [-0.05, 0) is 42.9 Å². The summed E-state index contributed by atoms with van der Waals surface area (Å²) in [7, 11) is 0. The molecule has 0 heterocycles. The Morgan fingerprint density at radius 3 is 2.84 bits per heavy atom. The SMILES string of the molecule is N/C(=C\C(=N/CCl)C1=CCCC=C1)C1=CC=CCC1. The van der Waals surface area contributed by atoms with E-state index in [9.17, 15) is 0 Å². The highest BCUT2D eigenvalue weighted by atomic mass is 35.5. The maximum atomic E-state index is 6.17. The van der Waals surface area contributed by atoms with Gasteiger partial charge in [-0.25, -0.2) is 0 Å². The van der Waals surface area contributed by atoms with Gasteiger partial charge in [0.15, 0.2) is 0 Å². The molecule has 0 amide bonds. The van der Waals surface area contributed by atoms with Crippen molar-refractivity contribution in [2.75, 3.05) is 6.00 Å². The summed E-state index contributed by atoms with van der Waals surface area (Å²) in [6.45, 7) is 0. The van der Waals surface area contributed by atoms with Crippen LogP contribution in [0.15, 0.2) is 64.4 Å². The van der Waals surface area contributed by atoms with Gasteiger partial charge < -0.3 is 5.73 Å². The minimum atomic E-state index is 0.253. The van der Waals surface area contributed by atoms with E-state index in [0.29, 0.717) is 0 Å². The van der Waals surface area contributed by atoms with Crippen LogP contribution >= 0.6 is 11.6 Å². The topological polar surface area (TPSA) is 38.4 Å². The fourth-order valence-electron chi connectivity index (χ4n) is 2.17. The van der Waals surface area contributed by atoms with Crippen molar-refractivity contribution in [2.24, 2.45) is 10.7 Å². The predicted molar refractivity (Wildman–Crippen MR) is 83.3 cm³/mol. The number of hydrogen-bond donors (Lipinski definition) is 1. The Labute approximate surface area is 119 Å². The van der Waals surface area contributed by atoms with Gasteiger partial charge in [-0.1, -0.05) is 36.5 Å². The molecule has 0 aliphatic heterocycles. The van der Waals surface area contributed by atoms with Crippen LogP contribution in [0.1, 0.15) is 25.7 Å². The van der Waals surface area contributed by atoms with Gasteiger partial charge >= 0.3 is 0 Å². The van der Waals surface area contributed by atoms with Crippen LogP contribution in [0.4, 0.5) is 0 Å². The van der Waals surface area contributed by atoms with Crippen LogP contribution in [0.25, 0.3) is 0 Å². The van der Waals surface area contributed by atoms with E-state index in [2.05, 4.69) is 41.4 Å². The average Bonchev–Trinajstić information content (AvgIpc) is 2.48. The highest BCUT2D eigenvalue weighted by Gasteiger charge is 2.08. The van der Waals surface area contributed by atoms with E-state index in [4.69, 9.17) is 17.3 Å². The third kappa shape index (κ3) is 3.97. The van der Waals surface area contributed by atoms with Gasteiger partial charge in [0, 0.05) is 5.70 Å². The zero-order chi connectivity index (χ0) is 13.5. The molecule has 0 saturated heterocycles. The quantitative estimate of drug-likeness (QED) is 0.469. The Kier molecular flexibility index (Phi) is 5.22. The van der Waals surface area contributed by atoms with Crippen LogP contribution in [0.5, 0.6) is 0 Å². The first-order valence-corrected chi connectivity index (χ1v) is 7.15. The Hall–Kier alpha value is -1.54. The van der Waals surface area contributed by atoms with E-state index in [1.54, 1.807) is 0 Å². The lowest BCUT2D eigenvalue weighted by Gasteiger charge is -2.12. The van der Waals surface area contributed by atoms with Gasteiger partial charge in [-0.3, -0.25) is 4.99 Å². The second-order valence-electron chi connectivity index (χ2n) is 4.56. The molecule has 0 radical (unpaired) electrons. The number of halogens is 1. The van der Waals surface area contributed by atoms with Crippen molar-refractivity contribution >= 4 is 17.3 Å². The van der Waals surface area contributed by atoms with Crippen LogP contribution in [0.3, 0.4) is 0 Å². The van der Waals surface area contributed by atoms with Crippen molar-refractivity contribution in [1.29, 1.82) is 0 Å². The summed E-state index contributed by atoms with van der Waals surface area (Å²) in [4.78, 5) is 4.34. The number of rotatable bonds is 4. The van der Waals surface area contributed by atoms with Gasteiger partial charge in [0.2, 0.25) is 0 Å². The largest absolute Gasteiger partial charge is 0.398 e. The Bertz CT molecular complexity index is 505. The highest BCUT2D eigenvalue weighted by Crippen LogP contribution is 2.19. The molecule has 100 valence electrons. The van der Waals surface area contributed by atoms with Crippen molar-refractivity contribution in [3.05, 3.63) is 59.4 Å². The van der Waals surface area contributed by atoms with E-state index in [1.807, 2.05) is 6.08 Å². The number of nitrogens with two attached hydrogens (primary N) is 1. The molecule has 2 rings (SSSR count). The Balaban J connectivity index is 2.23. The number of nitrogens with zero attached hydrogens (tertiary/aromatic N) is 1. The molecule has 0 spiro atoms. The Morgan fingerprint density at radius 1 is 1.32 bits per heavy atom. The maximum Gasteiger partial charge on any atom is 0.114 e. The van der Waals surface area contributed by atoms with E-state index in [-0.39, 0.29) is 6.00 Å². The van der Waals surface area contributed by atoms with Crippen molar-refractivity contribution < 1.29 is 0 Å². The zero-order valence-electron chi connectivity index (χ0n) is 11.0. The summed E-state index contributed by atoms with van der Waals surface area (Å²) in [5, 5.41) is 0. The lowest BCUT2D eigenvalue weighted by atomic mass is 9.98. The van der Waals surface area contributed by atoms with Crippen LogP contribution in [-0.2, 0) is 0 Å². The molecule has 0 aromatic heterocycles. The third-order valence-corrected chi connectivity index (χ3v) is 3.32. The first-order chi connectivity index (χ1) is 9.31. The third-order valence-electron chi connectivity index (χ3n) is 3.20. The molecule has 0 unspecified atom stereocenters. The van der Waals surface area contributed by atoms with Gasteiger partial charge in [-0.15, -0.1) is 11.6 Å². The van der Waals surface area contributed by atoms with E-state index in [1.165, 1.54) is 5.57 Å². The normalized spacial score (nSPS) is 20.3. The molecule has 19 heavy (non-hydrogen) atoms. The molecule has 2 N–H and O–H groups in total. The molecule has 0 saturated carbocycles. The summed E-state index contributed by atoms with van der Waals surface area (Å²) in [5.74, 6) is 0. The Morgan fingerprint density at radius 2 is 2.21 bits per heavy atom. The minimum Gasteiger partial charge on any atom is -0.398 e. The molecule has 2 aliphatic rings. The van der Waals surface area contributed by atoms with Crippen LogP contribution < -0.4 is 5.73 Å². The molecule has 0 aromatic rings. The summed E-state index contributed by atoms with van der Waals surface area (Å²) in [6, 6.07) is 0.253. The number of hydrogen-bond acceptors (Lipinski definition) is 2. The smallest absolute Gasteiger partial charge is 0.114 e. The standard InChI is InChI=1S/C16H19ClN2/c17-12-19-16(14-9-5-2-6-10-14)11-15(18)13-7-3-1-4-8-13/h1,3,5,7,9-11H,2,4,6,8,12,18H2/b15-11-,19-16+. The maximum absolute atomic E-state index is 6.17. The van der Waals surface area contributed by atoms with Crippen molar-refractivity contribution in [3.8, 4) is 0 Å². The second kappa shape index (κ2) is 7.15. The summed E-state index contributed by atoms with van der Waals surface area (Å²) >= 11 is 5.75. The zero-order valence-corrected chi connectivity index (χ0v) is 11.7.